The second-order valence-electron chi connectivity index (χ2n) is 5.30. The van der Waals surface area contributed by atoms with Gasteiger partial charge in [-0.05, 0) is 48.5 Å². The number of anilines is 4. The predicted molar refractivity (Wildman–Crippen MR) is 97.2 cm³/mol. The fraction of sp³-hybridized carbons (Fsp3) is 0.100. The number of methoxy groups -OCH3 is 1. The maximum Gasteiger partial charge on any atom is 0.120 e. The van der Waals surface area contributed by atoms with Gasteiger partial charge in [0.25, 0.3) is 0 Å². The van der Waals surface area contributed by atoms with E-state index in [9.17, 15) is 0 Å². The number of rotatable bonds is 5. The van der Waals surface area contributed by atoms with Crippen LogP contribution in [0.5, 0.6) is 5.75 Å². The summed E-state index contributed by atoms with van der Waals surface area (Å²) in [5.74, 6) is 0.858. The van der Waals surface area contributed by atoms with E-state index in [-0.39, 0.29) is 0 Å². The molecule has 3 aromatic rings. The summed E-state index contributed by atoms with van der Waals surface area (Å²) in [5, 5.41) is 3.39. The molecule has 3 heteroatoms. The van der Waals surface area contributed by atoms with Crippen molar-refractivity contribution >= 4 is 22.7 Å². The summed E-state index contributed by atoms with van der Waals surface area (Å²) < 4.78 is 5.29. The summed E-state index contributed by atoms with van der Waals surface area (Å²) in [6, 6.07) is 26.6. The van der Waals surface area contributed by atoms with Crippen molar-refractivity contribution in [2.75, 3.05) is 24.4 Å². The Morgan fingerprint density at radius 1 is 0.739 bits per heavy atom. The molecule has 0 spiro atoms. The highest BCUT2D eigenvalue weighted by atomic mass is 16.5. The predicted octanol–water partition coefficient (Wildman–Crippen LogP) is 5.21. The lowest BCUT2D eigenvalue weighted by Crippen LogP contribution is -2.09. The van der Waals surface area contributed by atoms with Crippen LogP contribution in [0.3, 0.4) is 0 Å². The molecule has 0 atom stereocenters. The maximum absolute atomic E-state index is 5.29. The molecule has 0 bridgehead atoms. The van der Waals surface area contributed by atoms with Gasteiger partial charge in [0.15, 0.2) is 0 Å². The van der Waals surface area contributed by atoms with Gasteiger partial charge < -0.3 is 15.0 Å². The minimum atomic E-state index is 0.858. The topological polar surface area (TPSA) is 24.5 Å². The minimum Gasteiger partial charge on any atom is -0.497 e. The van der Waals surface area contributed by atoms with Crippen molar-refractivity contribution in [3.05, 3.63) is 78.9 Å². The van der Waals surface area contributed by atoms with Gasteiger partial charge in [0.05, 0.1) is 7.11 Å². The van der Waals surface area contributed by atoms with Crippen LogP contribution in [0.4, 0.5) is 22.7 Å². The summed E-state index contributed by atoms with van der Waals surface area (Å²) in [4.78, 5) is 2.13. The Labute approximate surface area is 137 Å². The zero-order valence-electron chi connectivity index (χ0n) is 13.4. The van der Waals surface area contributed by atoms with E-state index in [1.807, 2.05) is 36.4 Å². The number of ether oxygens (including phenoxy) is 1. The number of nitrogens with zero attached hydrogens (tertiary/aromatic N) is 1. The molecule has 0 unspecified atom stereocenters. The van der Waals surface area contributed by atoms with Gasteiger partial charge in [-0.2, -0.15) is 0 Å². The van der Waals surface area contributed by atoms with Crippen molar-refractivity contribution in [3.63, 3.8) is 0 Å². The first-order valence-electron chi connectivity index (χ1n) is 7.56. The lowest BCUT2D eigenvalue weighted by Gasteiger charge is -2.20. The molecule has 0 saturated heterocycles. The molecular formula is C20H20N2O. The van der Waals surface area contributed by atoms with Crippen molar-refractivity contribution in [3.8, 4) is 5.75 Å². The Morgan fingerprint density at radius 2 is 1.43 bits per heavy atom. The fourth-order valence-corrected chi connectivity index (χ4v) is 2.42. The molecular weight excluding hydrogens is 284 g/mol. The normalized spacial score (nSPS) is 10.2. The van der Waals surface area contributed by atoms with Crippen molar-refractivity contribution in [2.45, 2.75) is 0 Å². The highest BCUT2D eigenvalue weighted by molar-refractivity contribution is 5.68. The lowest BCUT2D eigenvalue weighted by molar-refractivity contribution is 0.415. The molecule has 116 valence electrons. The van der Waals surface area contributed by atoms with Gasteiger partial charge in [-0.15, -0.1) is 0 Å². The minimum absolute atomic E-state index is 0.858. The van der Waals surface area contributed by atoms with Crippen molar-refractivity contribution in [2.24, 2.45) is 0 Å². The smallest absolute Gasteiger partial charge is 0.120 e. The lowest BCUT2D eigenvalue weighted by atomic mass is 10.2. The van der Waals surface area contributed by atoms with Gasteiger partial charge in [0.1, 0.15) is 5.75 Å². The molecule has 0 aliphatic rings. The second-order valence-corrected chi connectivity index (χ2v) is 5.30. The first-order valence-corrected chi connectivity index (χ1v) is 7.56. The number of hydrogen-bond donors (Lipinski definition) is 1. The van der Waals surface area contributed by atoms with Crippen LogP contribution < -0.4 is 15.0 Å². The maximum atomic E-state index is 5.29. The van der Waals surface area contributed by atoms with E-state index in [1.165, 1.54) is 0 Å². The zero-order chi connectivity index (χ0) is 16.1. The number of benzene rings is 3. The van der Waals surface area contributed by atoms with Crippen LogP contribution in [0.25, 0.3) is 0 Å². The van der Waals surface area contributed by atoms with Gasteiger partial charge in [0, 0.05) is 35.9 Å². The Hall–Kier alpha value is -2.94. The van der Waals surface area contributed by atoms with Gasteiger partial charge >= 0.3 is 0 Å². The van der Waals surface area contributed by atoms with Crippen LogP contribution in [0.15, 0.2) is 78.9 Å². The molecule has 0 heterocycles. The summed E-state index contributed by atoms with van der Waals surface area (Å²) in [6.07, 6.45) is 0. The average Bonchev–Trinajstić information content (AvgIpc) is 2.63. The zero-order valence-corrected chi connectivity index (χ0v) is 13.4. The Morgan fingerprint density at radius 3 is 2.13 bits per heavy atom. The quantitative estimate of drug-likeness (QED) is 0.700. The molecule has 3 nitrogen and oxygen atoms in total. The molecule has 3 aromatic carbocycles. The molecule has 0 amide bonds. The summed E-state index contributed by atoms with van der Waals surface area (Å²) >= 11 is 0. The van der Waals surface area contributed by atoms with Gasteiger partial charge in [-0.1, -0.05) is 24.3 Å². The molecule has 3 rings (SSSR count). The SMILES string of the molecule is COc1cccc(N(C)c2ccc(Nc3ccccc3)cc2)c1. The standard InChI is InChI=1S/C20H20N2O/c1-22(19-9-6-10-20(15-19)23-2)18-13-11-17(12-14-18)21-16-7-4-3-5-8-16/h3-15,21H,1-2H3. The summed E-state index contributed by atoms with van der Waals surface area (Å²) in [6.45, 7) is 0. The van der Waals surface area contributed by atoms with Crippen LogP contribution in [0.1, 0.15) is 0 Å². The van der Waals surface area contributed by atoms with E-state index < -0.39 is 0 Å². The molecule has 0 aromatic heterocycles. The molecule has 0 aliphatic heterocycles. The van der Waals surface area contributed by atoms with Crippen LogP contribution in [-0.4, -0.2) is 14.2 Å². The van der Waals surface area contributed by atoms with E-state index in [1.54, 1.807) is 7.11 Å². The van der Waals surface area contributed by atoms with Crippen molar-refractivity contribution < 1.29 is 4.74 Å². The van der Waals surface area contributed by atoms with Crippen LogP contribution in [0, 0.1) is 0 Å². The highest BCUT2D eigenvalue weighted by Crippen LogP contribution is 2.28. The number of para-hydroxylation sites is 1. The molecule has 0 saturated carbocycles. The van der Waals surface area contributed by atoms with E-state index in [2.05, 4.69) is 59.7 Å². The van der Waals surface area contributed by atoms with E-state index in [0.29, 0.717) is 0 Å². The van der Waals surface area contributed by atoms with Crippen LogP contribution in [-0.2, 0) is 0 Å². The average molecular weight is 304 g/mol. The van der Waals surface area contributed by atoms with Crippen molar-refractivity contribution in [1.82, 2.24) is 0 Å². The largest absolute Gasteiger partial charge is 0.497 e. The fourth-order valence-electron chi connectivity index (χ4n) is 2.42. The summed E-state index contributed by atoms with van der Waals surface area (Å²) in [5.41, 5.74) is 4.37. The third-order valence-corrected chi connectivity index (χ3v) is 3.76. The Kier molecular flexibility index (Phi) is 4.48. The molecule has 1 N–H and O–H groups in total. The first kappa shape index (κ1) is 15.0. The Bertz CT molecular complexity index is 754. The monoisotopic (exact) mass is 304 g/mol. The second kappa shape index (κ2) is 6.88. The molecule has 0 fully saturated rings. The van der Waals surface area contributed by atoms with Gasteiger partial charge in [0.2, 0.25) is 0 Å². The molecule has 23 heavy (non-hydrogen) atoms. The third-order valence-electron chi connectivity index (χ3n) is 3.76. The van der Waals surface area contributed by atoms with Crippen LogP contribution in [0.2, 0.25) is 0 Å². The molecule has 0 aliphatic carbocycles. The van der Waals surface area contributed by atoms with Gasteiger partial charge in [-0.3, -0.25) is 0 Å². The molecule has 0 radical (unpaired) electrons. The number of hydrogen-bond acceptors (Lipinski definition) is 3. The van der Waals surface area contributed by atoms with Crippen LogP contribution >= 0.6 is 0 Å². The highest BCUT2D eigenvalue weighted by Gasteiger charge is 2.05. The van der Waals surface area contributed by atoms with E-state index in [4.69, 9.17) is 4.74 Å². The van der Waals surface area contributed by atoms with E-state index in [0.717, 1.165) is 28.5 Å². The Balaban J connectivity index is 1.76. The summed E-state index contributed by atoms with van der Waals surface area (Å²) in [7, 11) is 3.73. The van der Waals surface area contributed by atoms with Gasteiger partial charge in [-0.25, -0.2) is 0 Å². The number of nitrogens with one attached hydrogen (secondary N) is 1. The van der Waals surface area contributed by atoms with E-state index >= 15 is 0 Å². The first-order chi connectivity index (χ1) is 11.3. The third kappa shape index (κ3) is 3.64. The van der Waals surface area contributed by atoms with Crippen molar-refractivity contribution in [1.29, 1.82) is 0 Å².